The van der Waals surface area contributed by atoms with Gasteiger partial charge in [-0.15, -0.1) is 10.2 Å². The number of rotatable bonds is 6. The van der Waals surface area contributed by atoms with Crippen molar-refractivity contribution in [3.63, 3.8) is 0 Å². The summed E-state index contributed by atoms with van der Waals surface area (Å²) in [6, 6.07) is 16.7. The van der Waals surface area contributed by atoms with Crippen molar-refractivity contribution in [2.24, 2.45) is 0 Å². The number of hydrogen-bond donors (Lipinski definition) is 1. The van der Waals surface area contributed by atoms with Crippen molar-refractivity contribution in [2.45, 2.75) is 25.7 Å². The average molecular weight is 561 g/mol. The van der Waals surface area contributed by atoms with Crippen molar-refractivity contribution in [2.75, 3.05) is 4.72 Å². The van der Waals surface area contributed by atoms with Gasteiger partial charge in [0.25, 0.3) is 10.0 Å². The molecule has 2 aromatic carbocycles. The number of benzene rings is 2. The molecule has 4 rings (SSSR count). The second-order valence-corrected chi connectivity index (χ2v) is 10.1. The molecule has 0 saturated carbocycles. The van der Waals surface area contributed by atoms with Crippen LogP contribution in [0.5, 0.6) is 11.6 Å². The number of anilines is 1. The highest BCUT2D eigenvalue weighted by Gasteiger charge is 2.14. The smallest absolute Gasteiger partial charge is 0.261 e. The SMILES string of the molecule is Cc1nn(-c2ccc(Oc3ccc(NS(=O)(=O)c4ccc(I)cc4)cc3)nn2)c(C)c1C. The lowest BCUT2D eigenvalue weighted by atomic mass is 10.2. The van der Waals surface area contributed by atoms with Crippen LogP contribution in [0.15, 0.2) is 65.6 Å². The minimum atomic E-state index is -3.66. The van der Waals surface area contributed by atoms with Gasteiger partial charge in [0.2, 0.25) is 5.88 Å². The zero-order valence-electron chi connectivity index (χ0n) is 17.6. The lowest BCUT2D eigenvalue weighted by molar-refractivity contribution is 0.454. The fourth-order valence-electron chi connectivity index (χ4n) is 2.96. The molecule has 2 aromatic heterocycles. The first-order chi connectivity index (χ1) is 15.2. The maximum Gasteiger partial charge on any atom is 0.261 e. The Morgan fingerprint density at radius 1 is 0.906 bits per heavy atom. The molecular weight excluding hydrogens is 541 g/mol. The first-order valence-electron chi connectivity index (χ1n) is 9.66. The van der Waals surface area contributed by atoms with Crippen LogP contribution >= 0.6 is 22.6 Å². The summed E-state index contributed by atoms with van der Waals surface area (Å²) in [6.07, 6.45) is 0. The zero-order valence-corrected chi connectivity index (χ0v) is 20.5. The van der Waals surface area contributed by atoms with Crippen molar-refractivity contribution in [1.82, 2.24) is 20.0 Å². The summed E-state index contributed by atoms with van der Waals surface area (Å²) < 4.78 is 36.0. The molecule has 4 aromatic rings. The van der Waals surface area contributed by atoms with E-state index in [9.17, 15) is 8.42 Å². The summed E-state index contributed by atoms with van der Waals surface area (Å²) in [6.45, 7) is 5.95. The van der Waals surface area contributed by atoms with E-state index in [0.29, 0.717) is 23.1 Å². The molecule has 0 amide bonds. The van der Waals surface area contributed by atoms with Gasteiger partial charge in [0, 0.05) is 21.0 Å². The monoisotopic (exact) mass is 561 g/mol. The molecule has 0 aliphatic carbocycles. The van der Waals surface area contributed by atoms with Crippen LogP contribution in [0, 0.1) is 24.3 Å². The molecule has 0 bridgehead atoms. The number of sulfonamides is 1. The van der Waals surface area contributed by atoms with Gasteiger partial charge in [0.05, 0.1) is 10.6 Å². The zero-order chi connectivity index (χ0) is 22.9. The molecule has 0 unspecified atom stereocenters. The highest BCUT2D eigenvalue weighted by molar-refractivity contribution is 14.1. The van der Waals surface area contributed by atoms with E-state index in [2.05, 4.69) is 42.6 Å². The van der Waals surface area contributed by atoms with Gasteiger partial charge in [-0.25, -0.2) is 13.1 Å². The molecule has 0 aliphatic rings. The summed E-state index contributed by atoms with van der Waals surface area (Å²) in [5.41, 5.74) is 3.50. The molecule has 0 atom stereocenters. The molecule has 10 heteroatoms. The minimum absolute atomic E-state index is 0.200. The van der Waals surface area contributed by atoms with Crippen LogP contribution < -0.4 is 9.46 Å². The summed E-state index contributed by atoms with van der Waals surface area (Å²) >= 11 is 2.13. The number of halogens is 1. The second-order valence-electron chi connectivity index (χ2n) is 7.12. The maximum atomic E-state index is 12.5. The Morgan fingerprint density at radius 3 is 2.16 bits per heavy atom. The van der Waals surface area contributed by atoms with Crippen LogP contribution in [0.25, 0.3) is 5.82 Å². The number of aromatic nitrogens is 4. The molecule has 2 heterocycles. The van der Waals surface area contributed by atoms with Crippen LogP contribution in [0.2, 0.25) is 0 Å². The van der Waals surface area contributed by atoms with E-state index >= 15 is 0 Å². The predicted octanol–water partition coefficient (Wildman–Crippen LogP) is 4.79. The number of nitrogens with one attached hydrogen (secondary N) is 1. The number of aryl methyl sites for hydroxylation is 1. The normalized spacial score (nSPS) is 11.4. The molecule has 32 heavy (non-hydrogen) atoms. The van der Waals surface area contributed by atoms with Gasteiger partial charge in [-0.2, -0.15) is 5.10 Å². The Morgan fingerprint density at radius 2 is 1.59 bits per heavy atom. The van der Waals surface area contributed by atoms with E-state index in [4.69, 9.17) is 4.74 Å². The van der Waals surface area contributed by atoms with Crippen LogP contribution in [-0.4, -0.2) is 28.4 Å². The molecule has 1 N–H and O–H groups in total. The third kappa shape index (κ3) is 4.75. The van der Waals surface area contributed by atoms with E-state index in [1.54, 1.807) is 65.3 Å². The van der Waals surface area contributed by atoms with Crippen LogP contribution in [0.1, 0.15) is 17.0 Å². The standard InChI is InChI=1S/C22H20IN5O3S/c1-14-15(2)26-28(16(14)3)21-12-13-22(25-24-21)31-19-8-6-18(7-9-19)27-32(29,30)20-10-4-17(23)5-11-20/h4-13,27H,1-3H3. The Kier molecular flexibility index (Phi) is 6.15. The maximum absolute atomic E-state index is 12.5. The van der Waals surface area contributed by atoms with Crippen molar-refractivity contribution >= 4 is 38.3 Å². The van der Waals surface area contributed by atoms with Crippen molar-refractivity contribution < 1.29 is 13.2 Å². The molecule has 164 valence electrons. The lowest BCUT2D eigenvalue weighted by Crippen LogP contribution is -2.12. The van der Waals surface area contributed by atoms with Crippen LogP contribution in [0.3, 0.4) is 0 Å². The molecule has 0 fully saturated rings. The Hall–Kier alpha value is -2.99. The third-order valence-corrected chi connectivity index (χ3v) is 7.07. The van der Waals surface area contributed by atoms with Gasteiger partial charge in [-0.1, -0.05) is 0 Å². The summed E-state index contributed by atoms with van der Waals surface area (Å²) in [5, 5.41) is 12.8. The van der Waals surface area contributed by atoms with E-state index < -0.39 is 10.0 Å². The molecule has 0 radical (unpaired) electrons. The molecule has 8 nitrogen and oxygen atoms in total. The first-order valence-corrected chi connectivity index (χ1v) is 12.2. The average Bonchev–Trinajstić information content (AvgIpc) is 3.03. The Labute approximate surface area is 199 Å². The number of ether oxygens (including phenoxy) is 1. The van der Waals surface area contributed by atoms with Crippen LogP contribution in [-0.2, 0) is 10.0 Å². The van der Waals surface area contributed by atoms with Crippen molar-refractivity contribution in [3.05, 3.63) is 81.2 Å². The van der Waals surface area contributed by atoms with Gasteiger partial charge >= 0.3 is 0 Å². The number of hydrogen-bond acceptors (Lipinski definition) is 6. The van der Waals surface area contributed by atoms with E-state index in [-0.39, 0.29) is 4.90 Å². The van der Waals surface area contributed by atoms with Gasteiger partial charge in [0.1, 0.15) is 5.75 Å². The molecule has 0 aliphatic heterocycles. The highest BCUT2D eigenvalue weighted by atomic mass is 127. The second kappa shape index (κ2) is 8.87. The van der Waals surface area contributed by atoms with Gasteiger partial charge in [0.15, 0.2) is 5.82 Å². The van der Waals surface area contributed by atoms with E-state index in [1.807, 2.05) is 20.8 Å². The number of nitrogens with zero attached hydrogens (tertiary/aromatic N) is 4. The van der Waals surface area contributed by atoms with Crippen molar-refractivity contribution in [1.29, 1.82) is 0 Å². The lowest BCUT2D eigenvalue weighted by Gasteiger charge is -2.10. The quantitative estimate of drug-likeness (QED) is 0.340. The fourth-order valence-corrected chi connectivity index (χ4v) is 4.38. The third-order valence-electron chi connectivity index (χ3n) is 4.95. The summed E-state index contributed by atoms with van der Waals surface area (Å²) in [5.74, 6) is 1.43. The summed E-state index contributed by atoms with van der Waals surface area (Å²) in [7, 11) is -3.66. The topological polar surface area (TPSA) is 99.0 Å². The van der Waals surface area contributed by atoms with Gasteiger partial charge in [-0.3, -0.25) is 4.72 Å². The molecule has 0 spiro atoms. The van der Waals surface area contributed by atoms with Gasteiger partial charge < -0.3 is 4.74 Å². The molecular formula is C22H20IN5O3S. The van der Waals surface area contributed by atoms with Crippen LogP contribution in [0.4, 0.5) is 5.69 Å². The molecule has 0 saturated heterocycles. The van der Waals surface area contributed by atoms with Crippen molar-refractivity contribution in [3.8, 4) is 17.4 Å². The Balaban J connectivity index is 1.44. The van der Waals surface area contributed by atoms with E-state index in [0.717, 1.165) is 20.5 Å². The Bertz CT molecular complexity index is 1350. The summed E-state index contributed by atoms with van der Waals surface area (Å²) in [4.78, 5) is 0.200. The highest BCUT2D eigenvalue weighted by Crippen LogP contribution is 2.24. The fraction of sp³-hybridized carbons (Fsp3) is 0.136. The predicted molar refractivity (Wildman–Crippen MR) is 130 cm³/mol. The van der Waals surface area contributed by atoms with E-state index in [1.165, 1.54) is 0 Å². The largest absolute Gasteiger partial charge is 0.438 e. The minimum Gasteiger partial charge on any atom is -0.438 e. The first kappa shape index (κ1) is 22.2. The van der Waals surface area contributed by atoms with Gasteiger partial charge in [-0.05, 0) is 104 Å².